The Hall–Kier alpha value is -5.98. The van der Waals surface area contributed by atoms with Gasteiger partial charge in [-0.3, -0.25) is 19.7 Å². The summed E-state index contributed by atoms with van der Waals surface area (Å²) in [4.78, 5) is 42.3. The van der Waals surface area contributed by atoms with Gasteiger partial charge in [0.25, 0.3) is 5.69 Å². The molecule has 43 heavy (non-hydrogen) atoms. The highest BCUT2D eigenvalue weighted by Crippen LogP contribution is 2.41. The van der Waals surface area contributed by atoms with Gasteiger partial charge in [0.15, 0.2) is 0 Å². The van der Waals surface area contributed by atoms with Crippen LogP contribution in [0.15, 0.2) is 60.7 Å². The Kier molecular flexibility index (Phi) is 7.88. The van der Waals surface area contributed by atoms with E-state index in [-0.39, 0.29) is 92.5 Å². The minimum atomic E-state index is -0.515. The summed E-state index contributed by atoms with van der Waals surface area (Å²) in [6, 6.07) is 14.9. The summed E-state index contributed by atoms with van der Waals surface area (Å²) in [5.74, 6) is -1.32. The van der Waals surface area contributed by atoms with Crippen LogP contribution in [0.5, 0.6) is 23.0 Å². The summed E-state index contributed by atoms with van der Waals surface area (Å²) in [6.45, 7) is 0. The van der Waals surface area contributed by atoms with Gasteiger partial charge in [-0.2, -0.15) is 0 Å². The van der Waals surface area contributed by atoms with Crippen LogP contribution in [0.3, 0.4) is 0 Å². The van der Waals surface area contributed by atoms with Gasteiger partial charge in [0.2, 0.25) is 12.8 Å². The maximum atomic E-state index is 11.5. The van der Waals surface area contributed by atoms with E-state index >= 15 is 0 Å². The number of phenols is 2. The van der Waals surface area contributed by atoms with E-state index in [4.69, 9.17) is 0 Å². The molecule has 0 unspecified atom stereocenters. The topological polar surface area (TPSA) is 208 Å². The summed E-state index contributed by atoms with van der Waals surface area (Å²) in [7, 11) is 0. The predicted octanol–water partition coefficient (Wildman–Crippen LogP) is 4.29. The van der Waals surface area contributed by atoms with Gasteiger partial charge in [0.1, 0.15) is 45.7 Å². The number of nitrogens with one attached hydrogen (secondary N) is 2. The minimum Gasteiger partial charge on any atom is -0.507 e. The minimum absolute atomic E-state index is 0.00669. The molecule has 13 heteroatoms. The lowest BCUT2D eigenvalue weighted by atomic mass is 9.86. The Bertz CT molecular complexity index is 1770. The number of hydrogen-bond donors (Lipinski definition) is 6. The van der Waals surface area contributed by atoms with Crippen molar-refractivity contribution in [2.24, 2.45) is 5.92 Å². The van der Waals surface area contributed by atoms with Crippen molar-refractivity contribution in [3.63, 3.8) is 0 Å². The van der Waals surface area contributed by atoms with Crippen molar-refractivity contribution in [1.82, 2.24) is 9.97 Å². The first kappa shape index (κ1) is 28.5. The zero-order chi connectivity index (χ0) is 30.7. The van der Waals surface area contributed by atoms with Crippen LogP contribution < -0.4 is 10.6 Å². The Morgan fingerprint density at radius 2 is 1.19 bits per heavy atom. The van der Waals surface area contributed by atoms with Crippen molar-refractivity contribution in [2.45, 2.75) is 19.3 Å². The van der Waals surface area contributed by atoms with Crippen LogP contribution >= 0.6 is 0 Å². The number of aromatic nitrogens is 2. The third-order valence-electron chi connectivity index (χ3n) is 7.18. The summed E-state index contributed by atoms with van der Waals surface area (Å²) in [5.41, 5.74) is 1.24. The van der Waals surface area contributed by atoms with E-state index in [1.807, 2.05) is 0 Å². The van der Waals surface area contributed by atoms with Gasteiger partial charge < -0.3 is 31.1 Å². The van der Waals surface area contributed by atoms with Crippen molar-refractivity contribution >= 4 is 51.9 Å². The van der Waals surface area contributed by atoms with Gasteiger partial charge in [-0.15, -0.1) is 0 Å². The number of aromatic hydroxyl groups is 4. The second kappa shape index (κ2) is 11.9. The zero-order valence-electron chi connectivity index (χ0n) is 22.4. The summed E-state index contributed by atoms with van der Waals surface area (Å²) < 4.78 is 0. The van der Waals surface area contributed by atoms with Gasteiger partial charge in [-0.1, -0.05) is 24.3 Å². The highest BCUT2D eigenvalue weighted by Gasteiger charge is 2.25. The van der Waals surface area contributed by atoms with Gasteiger partial charge in [-0.25, -0.2) is 9.97 Å². The number of para-hydroxylation sites is 2. The first-order valence-electron chi connectivity index (χ1n) is 13.0. The van der Waals surface area contributed by atoms with E-state index in [0.29, 0.717) is 18.4 Å². The number of non-ortho nitro benzene ring substituents is 1. The molecule has 0 aliphatic carbocycles. The number of anilines is 2. The molecule has 0 aliphatic rings. The highest BCUT2D eigenvalue weighted by atomic mass is 16.6. The van der Waals surface area contributed by atoms with Crippen LogP contribution in [0.4, 0.5) is 17.3 Å². The molecule has 0 fully saturated rings. The molecular formula is C30H25N5O8. The zero-order valence-corrected chi connectivity index (χ0v) is 22.4. The standard InChI is InChI=1S/C30H25N5O8/c36-14-31-29-21(27(40)19-3-1-5-23(38)25(19)33-29)12-17(11-16-7-9-18(10-8-16)35(42)43)13-22-28(41)20-4-2-6-24(39)26(20)34-30(22)32-15-37/h1-10,14-15,17,38-39H,11-13H2,(H2,31,33,36,40)(H2,32,34,37,41). The molecule has 6 N–H and O–H groups in total. The van der Waals surface area contributed by atoms with Gasteiger partial charge in [0, 0.05) is 34.0 Å². The molecule has 2 amide bonds. The molecular weight excluding hydrogens is 558 g/mol. The first-order chi connectivity index (χ1) is 20.7. The summed E-state index contributed by atoms with van der Waals surface area (Å²) >= 11 is 0. The summed E-state index contributed by atoms with van der Waals surface area (Å²) in [5, 5.41) is 59.8. The lowest BCUT2D eigenvalue weighted by molar-refractivity contribution is -0.384. The number of hydrogen-bond acceptors (Lipinski definition) is 10. The fraction of sp³-hybridized carbons (Fsp3) is 0.133. The molecule has 13 nitrogen and oxygen atoms in total. The number of carbonyl (C=O) groups excluding carboxylic acids is 2. The lowest BCUT2D eigenvalue weighted by Gasteiger charge is -2.22. The van der Waals surface area contributed by atoms with E-state index in [0.717, 1.165) is 0 Å². The lowest BCUT2D eigenvalue weighted by Crippen LogP contribution is -2.16. The van der Waals surface area contributed by atoms with Crippen LogP contribution in [0, 0.1) is 16.0 Å². The van der Waals surface area contributed by atoms with Crippen molar-refractivity contribution in [1.29, 1.82) is 0 Å². The van der Waals surface area contributed by atoms with Crippen molar-refractivity contribution in [3.05, 3.63) is 87.5 Å². The van der Waals surface area contributed by atoms with E-state index in [1.54, 1.807) is 24.3 Å². The maximum absolute atomic E-state index is 11.5. The van der Waals surface area contributed by atoms with Crippen LogP contribution in [0.2, 0.25) is 0 Å². The van der Waals surface area contributed by atoms with Crippen molar-refractivity contribution < 1.29 is 34.9 Å². The van der Waals surface area contributed by atoms with Crippen LogP contribution in [0.25, 0.3) is 21.8 Å². The van der Waals surface area contributed by atoms with E-state index in [1.165, 1.54) is 36.4 Å². The van der Waals surface area contributed by atoms with Crippen molar-refractivity contribution in [3.8, 4) is 23.0 Å². The molecule has 218 valence electrons. The number of nitro benzene ring substituents is 1. The molecule has 0 radical (unpaired) electrons. The molecule has 0 saturated carbocycles. The van der Waals surface area contributed by atoms with Gasteiger partial charge in [0.05, 0.1) is 4.92 Å². The Morgan fingerprint density at radius 3 is 1.60 bits per heavy atom. The third kappa shape index (κ3) is 5.63. The third-order valence-corrected chi connectivity index (χ3v) is 7.18. The summed E-state index contributed by atoms with van der Waals surface area (Å²) in [6.07, 6.45) is 1.18. The molecule has 0 bridgehead atoms. The SMILES string of the molecule is O=CNc1nc2c(O)cccc2c(O)c1CC(Cc1ccc([N+](=O)[O-])cc1)Cc1c(NC=O)nc2c(O)cccc2c1O. The van der Waals surface area contributed by atoms with Crippen LogP contribution in [-0.4, -0.2) is 48.1 Å². The number of nitro groups is 1. The molecule has 2 heterocycles. The molecule has 2 aromatic heterocycles. The molecule has 3 aromatic carbocycles. The van der Waals surface area contributed by atoms with E-state index < -0.39 is 10.8 Å². The normalized spacial score (nSPS) is 11.1. The molecule has 0 atom stereocenters. The second-order valence-electron chi connectivity index (χ2n) is 9.85. The number of fused-ring (bicyclic) bond motifs is 2. The predicted molar refractivity (Wildman–Crippen MR) is 157 cm³/mol. The van der Waals surface area contributed by atoms with Gasteiger partial charge in [-0.05, 0) is 55.0 Å². The average Bonchev–Trinajstić information content (AvgIpc) is 2.98. The molecule has 0 saturated heterocycles. The molecule has 5 aromatic rings. The highest BCUT2D eigenvalue weighted by molar-refractivity contribution is 5.95. The fourth-order valence-electron chi connectivity index (χ4n) is 5.21. The number of carbonyl (C=O) groups is 2. The molecule has 0 spiro atoms. The number of rotatable bonds is 11. The Balaban J connectivity index is 1.64. The van der Waals surface area contributed by atoms with Crippen LogP contribution in [0.1, 0.15) is 16.7 Å². The number of benzene rings is 3. The Labute approximate surface area is 243 Å². The second-order valence-corrected chi connectivity index (χ2v) is 9.85. The monoisotopic (exact) mass is 583 g/mol. The largest absolute Gasteiger partial charge is 0.507 e. The van der Waals surface area contributed by atoms with Crippen LogP contribution in [-0.2, 0) is 28.9 Å². The first-order valence-corrected chi connectivity index (χ1v) is 13.0. The number of phenolic OH excluding ortho intramolecular Hbond substituents is 2. The quantitative estimate of drug-likeness (QED) is 0.0738. The maximum Gasteiger partial charge on any atom is 0.269 e. The van der Waals surface area contributed by atoms with E-state index in [2.05, 4.69) is 20.6 Å². The fourth-order valence-corrected chi connectivity index (χ4v) is 5.21. The number of pyridine rings is 2. The average molecular weight is 584 g/mol. The van der Waals surface area contributed by atoms with Gasteiger partial charge >= 0.3 is 0 Å². The number of nitrogens with zero attached hydrogens (tertiary/aromatic N) is 3. The number of amides is 2. The van der Waals surface area contributed by atoms with Crippen molar-refractivity contribution in [2.75, 3.05) is 10.6 Å². The molecule has 5 rings (SSSR count). The molecule has 0 aliphatic heterocycles. The van der Waals surface area contributed by atoms with E-state index in [9.17, 15) is 40.1 Å². The smallest absolute Gasteiger partial charge is 0.269 e. The Morgan fingerprint density at radius 1 is 0.721 bits per heavy atom.